The van der Waals surface area contributed by atoms with Crippen molar-refractivity contribution in [3.8, 4) is 0 Å². The molecule has 0 spiro atoms. The van der Waals surface area contributed by atoms with Crippen LogP contribution in [-0.2, 0) is 14.9 Å². The third-order valence-corrected chi connectivity index (χ3v) is 3.33. The van der Waals surface area contributed by atoms with Gasteiger partial charge in [-0.05, 0) is 33.9 Å². The predicted molar refractivity (Wildman–Crippen MR) is 70.9 cm³/mol. The molecule has 0 saturated carbocycles. The van der Waals surface area contributed by atoms with Crippen molar-refractivity contribution in [3.63, 3.8) is 0 Å². The van der Waals surface area contributed by atoms with E-state index in [0.717, 1.165) is 0 Å². The zero-order valence-corrected chi connectivity index (χ0v) is 12.0. The van der Waals surface area contributed by atoms with E-state index >= 15 is 0 Å². The maximum absolute atomic E-state index is 11.2. The zero-order chi connectivity index (χ0) is 14.3. The molecule has 2 N–H and O–H groups in total. The highest BCUT2D eigenvalue weighted by Gasteiger charge is 2.18. The van der Waals surface area contributed by atoms with Crippen molar-refractivity contribution < 1.29 is 17.8 Å². The van der Waals surface area contributed by atoms with Crippen LogP contribution in [0.25, 0.3) is 0 Å². The third-order valence-electron chi connectivity index (χ3n) is 2.52. The van der Waals surface area contributed by atoms with Crippen molar-refractivity contribution in [2.24, 2.45) is 0 Å². The Morgan fingerprint density at radius 1 is 1.44 bits per heavy atom. The summed E-state index contributed by atoms with van der Waals surface area (Å²) in [5.74, 6) is -0.500. The minimum atomic E-state index is -3.98. The van der Waals surface area contributed by atoms with Gasteiger partial charge in [0.25, 0.3) is 10.1 Å². The summed E-state index contributed by atoms with van der Waals surface area (Å²) in [6.45, 7) is 5.59. The molecule has 0 saturated heterocycles. The first kappa shape index (κ1) is 17.1. The van der Waals surface area contributed by atoms with Gasteiger partial charge in [-0.2, -0.15) is 8.42 Å². The summed E-state index contributed by atoms with van der Waals surface area (Å²) in [4.78, 5) is 12.9. The van der Waals surface area contributed by atoms with Crippen LogP contribution in [0, 0.1) is 0 Å². The lowest BCUT2D eigenvalue weighted by Gasteiger charge is -2.22. The van der Waals surface area contributed by atoms with Crippen molar-refractivity contribution in [2.45, 2.75) is 25.8 Å². The van der Waals surface area contributed by atoms with Gasteiger partial charge in [-0.3, -0.25) is 9.35 Å². The first-order valence-electron chi connectivity index (χ1n) is 5.68. The molecule has 1 atom stereocenters. The van der Waals surface area contributed by atoms with E-state index in [9.17, 15) is 13.2 Å². The second-order valence-electron chi connectivity index (χ2n) is 4.54. The van der Waals surface area contributed by atoms with Gasteiger partial charge in [-0.25, -0.2) is 0 Å². The molecule has 0 radical (unpaired) electrons. The molecular formula is C11H22N2O4S. The highest BCUT2D eigenvalue weighted by molar-refractivity contribution is 7.85. The summed E-state index contributed by atoms with van der Waals surface area (Å²) in [5, 5.41) is 2.67. The van der Waals surface area contributed by atoms with Crippen molar-refractivity contribution in [1.82, 2.24) is 10.2 Å². The normalized spacial score (nSPS) is 13.4. The number of carbonyl (C=O) groups excluding carboxylic acids is 1. The molecule has 0 bridgehead atoms. The fraction of sp³-hybridized carbons (Fsp3) is 0.727. The van der Waals surface area contributed by atoms with E-state index in [4.69, 9.17) is 4.55 Å². The average molecular weight is 278 g/mol. The number of carbonyl (C=O) groups is 1. The number of amides is 1. The summed E-state index contributed by atoms with van der Waals surface area (Å²) in [6.07, 6.45) is 1.21. The largest absolute Gasteiger partial charge is 0.352 e. The molecule has 0 fully saturated rings. The van der Waals surface area contributed by atoms with Crippen molar-refractivity contribution in [2.75, 3.05) is 26.4 Å². The van der Waals surface area contributed by atoms with Gasteiger partial charge in [0.05, 0.1) is 5.75 Å². The van der Waals surface area contributed by atoms with Gasteiger partial charge < -0.3 is 10.2 Å². The zero-order valence-electron chi connectivity index (χ0n) is 11.1. The molecule has 106 valence electrons. The molecule has 0 heterocycles. The van der Waals surface area contributed by atoms with Gasteiger partial charge in [-0.15, -0.1) is 0 Å². The first-order valence-corrected chi connectivity index (χ1v) is 7.29. The van der Waals surface area contributed by atoms with Crippen molar-refractivity contribution in [3.05, 3.63) is 12.2 Å². The SMILES string of the molecule is C=C(C)C(=O)NCCCC(CS(=O)(=O)O)N(C)C. The molecule has 0 aliphatic heterocycles. The monoisotopic (exact) mass is 278 g/mol. The second kappa shape index (κ2) is 7.50. The number of nitrogens with zero attached hydrogens (tertiary/aromatic N) is 1. The molecule has 0 aromatic heterocycles. The Bertz CT molecular complexity index is 390. The maximum atomic E-state index is 11.2. The molecule has 7 heteroatoms. The van der Waals surface area contributed by atoms with E-state index in [2.05, 4.69) is 11.9 Å². The Kier molecular flexibility index (Phi) is 7.12. The second-order valence-corrected chi connectivity index (χ2v) is 6.04. The standard InChI is InChI=1S/C11H22N2O4S/c1-9(2)11(14)12-7-5-6-10(13(3)4)8-18(15,16)17/h10H,1,5-8H2,2-4H3,(H,12,14)(H,15,16,17). The van der Waals surface area contributed by atoms with E-state index in [1.165, 1.54) is 0 Å². The summed E-state index contributed by atoms with van der Waals surface area (Å²) in [7, 11) is -0.474. The number of nitrogens with one attached hydrogen (secondary N) is 1. The van der Waals surface area contributed by atoms with Crippen LogP contribution in [0.5, 0.6) is 0 Å². The Balaban J connectivity index is 4.07. The fourth-order valence-electron chi connectivity index (χ4n) is 1.42. The number of hydrogen-bond donors (Lipinski definition) is 2. The number of rotatable bonds is 8. The highest BCUT2D eigenvalue weighted by Crippen LogP contribution is 2.06. The molecule has 1 unspecified atom stereocenters. The summed E-state index contributed by atoms with van der Waals surface area (Å²) in [6, 6.07) is -0.262. The number of hydrogen-bond acceptors (Lipinski definition) is 4. The molecule has 18 heavy (non-hydrogen) atoms. The minimum absolute atomic E-state index is 0.203. The molecular weight excluding hydrogens is 256 g/mol. The molecule has 1 amide bonds. The molecule has 0 aromatic carbocycles. The van der Waals surface area contributed by atoms with Crippen LogP contribution >= 0.6 is 0 Å². The van der Waals surface area contributed by atoms with Crippen LogP contribution in [0.2, 0.25) is 0 Å². The van der Waals surface area contributed by atoms with Gasteiger partial charge in [-0.1, -0.05) is 6.58 Å². The van der Waals surface area contributed by atoms with Gasteiger partial charge >= 0.3 is 0 Å². The molecule has 0 aliphatic rings. The lowest BCUT2D eigenvalue weighted by molar-refractivity contribution is -0.117. The summed E-state index contributed by atoms with van der Waals surface area (Å²) in [5.41, 5.74) is 0.442. The lowest BCUT2D eigenvalue weighted by Crippen LogP contribution is -2.35. The predicted octanol–water partition coefficient (Wildman–Crippen LogP) is 0.277. The summed E-state index contributed by atoms with van der Waals surface area (Å²) < 4.78 is 30.5. The topological polar surface area (TPSA) is 86.7 Å². The maximum Gasteiger partial charge on any atom is 0.266 e. The average Bonchev–Trinajstić information content (AvgIpc) is 2.19. The highest BCUT2D eigenvalue weighted by atomic mass is 32.2. The lowest BCUT2D eigenvalue weighted by atomic mass is 10.1. The van der Waals surface area contributed by atoms with Crippen molar-refractivity contribution in [1.29, 1.82) is 0 Å². The fourth-order valence-corrected chi connectivity index (χ4v) is 2.38. The third kappa shape index (κ3) is 8.21. The van der Waals surface area contributed by atoms with E-state index in [0.29, 0.717) is 25.0 Å². The van der Waals surface area contributed by atoms with E-state index in [1.54, 1.807) is 25.9 Å². The Labute approximate surface area is 109 Å². The van der Waals surface area contributed by atoms with Crippen molar-refractivity contribution >= 4 is 16.0 Å². The van der Waals surface area contributed by atoms with Crippen LogP contribution < -0.4 is 5.32 Å². The molecule has 6 nitrogen and oxygen atoms in total. The van der Waals surface area contributed by atoms with Gasteiger partial charge in [0.2, 0.25) is 5.91 Å². The van der Waals surface area contributed by atoms with E-state index in [-0.39, 0.29) is 17.7 Å². The van der Waals surface area contributed by atoms with E-state index in [1.807, 2.05) is 0 Å². The molecule has 0 rings (SSSR count). The van der Waals surface area contributed by atoms with Gasteiger partial charge in [0.1, 0.15) is 0 Å². The van der Waals surface area contributed by atoms with Gasteiger partial charge in [0.15, 0.2) is 0 Å². The van der Waals surface area contributed by atoms with E-state index < -0.39 is 10.1 Å². The minimum Gasteiger partial charge on any atom is -0.352 e. The molecule has 0 aliphatic carbocycles. The van der Waals surface area contributed by atoms with Crippen LogP contribution in [0.4, 0.5) is 0 Å². The van der Waals surface area contributed by atoms with Crippen LogP contribution in [0.15, 0.2) is 12.2 Å². The van der Waals surface area contributed by atoms with Crippen LogP contribution in [0.3, 0.4) is 0 Å². The van der Waals surface area contributed by atoms with Gasteiger partial charge in [0, 0.05) is 18.2 Å². The Morgan fingerprint density at radius 3 is 2.39 bits per heavy atom. The molecule has 0 aromatic rings. The smallest absolute Gasteiger partial charge is 0.266 e. The quantitative estimate of drug-likeness (QED) is 0.378. The Hall–Kier alpha value is -0.920. The van der Waals surface area contributed by atoms with Crippen LogP contribution in [0.1, 0.15) is 19.8 Å². The summed E-state index contributed by atoms with van der Waals surface area (Å²) >= 11 is 0. The van der Waals surface area contributed by atoms with Crippen LogP contribution in [-0.4, -0.2) is 56.2 Å². The Morgan fingerprint density at radius 2 is 2.00 bits per heavy atom. The first-order chi connectivity index (χ1) is 8.13.